The fraction of sp³-hybridized carbons (Fsp3) is 0.583. The van der Waals surface area contributed by atoms with Crippen molar-refractivity contribution in [3.63, 3.8) is 0 Å². The van der Waals surface area contributed by atoms with Gasteiger partial charge < -0.3 is 9.47 Å². The summed E-state index contributed by atoms with van der Waals surface area (Å²) < 4.78 is 11.9. The van der Waals surface area contributed by atoms with Crippen LogP contribution in [-0.4, -0.2) is 28.2 Å². The van der Waals surface area contributed by atoms with Crippen LogP contribution in [0.15, 0.2) is 15.8 Å². The molecular weight excluding hydrogens is 252 g/mol. The summed E-state index contributed by atoms with van der Waals surface area (Å²) in [5.74, 6) is -0.357. The SMILES string of the molecule is CC(=O)OC[C@@H]1CC[C@H](n2cc(C)c(=O)[nH]c2=O)O1. The fourth-order valence-electron chi connectivity index (χ4n) is 2.02. The molecule has 0 amide bonds. The number of aromatic nitrogens is 2. The van der Waals surface area contributed by atoms with Gasteiger partial charge in [0.15, 0.2) is 0 Å². The van der Waals surface area contributed by atoms with Crippen LogP contribution in [0.25, 0.3) is 0 Å². The second-order valence-corrected chi connectivity index (χ2v) is 4.57. The molecule has 19 heavy (non-hydrogen) atoms. The number of aromatic amines is 1. The molecule has 0 saturated carbocycles. The van der Waals surface area contributed by atoms with Gasteiger partial charge in [-0.2, -0.15) is 0 Å². The minimum absolute atomic E-state index is 0.183. The van der Waals surface area contributed by atoms with Crippen molar-refractivity contribution >= 4 is 5.97 Å². The van der Waals surface area contributed by atoms with E-state index >= 15 is 0 Å². The lowest BCUT2D eigenvalue weighted by atomic mass is 10.2. The summed E-state index contributed by atoms with van der Waals surface area (Å²) in [6.45, 7) is 3.14. The van der Waals surface area contributed by atoms with Gasteiger partial charge in [0.1, 0.15) is 12.8 Å². The van der Waals surface area contributed by atoms with Crippen LogP contribution in [0.2, 0.25) is 0 Å². The van der Waals surface area contributed by atoms with Crippen LogP contribution in [-0.2, 0) is 14.3 Å². The maximum absolute atomic E-state index is 11.7. The lowest BCUT2D eigenvalue weighted by Crippen LogP contribution is -2.33. The molecule has 7 heteroatoms. The molecule has 0 aromatic carbocycles. The fourth-order valence-corrected chi connectivity index (χ4v) is 2.02. The Labute approximate surface area is 109 Å². The number of esters is 1. The van der Waals surface area contributed by atoms with Gasteiger partial charge in [0.05, 0.1) is 6.10 Å². The first-order chi connectivity index (χ1) is 8.97. The third kappa shape index (κ3) is 3.11. The van der Waals surface area contributed by atoms with E-state index in [-0.39, 0.29) is 18.7 Å². The topological polar surface area (TPSA) is 90.4 Å². The first kappa shape index (κ1) is 13.5. The highest BCUT2D eigenvalue weighted by atomic mass is 16.6. The first-order valence-corrected chi connectivity index (χ1v) is 6.08. The highest BCUT2D eigenvalue weighted by molar-refractivity contribution is 5.65. The summed E-state index contributed by atoms with van der Waals surface area (Å²) >= 11 is 0. The van der Waals surface area contributed by atoms with Crippen molar-refractivity contribution in [1.82, 2.24) is 9.55 Å². The van der Waals surface area contributed by atoms with Crippen molar-refractivity contribution in [2.75, 3.05) is 6.61 Å². The Bertz CT molecular complexity index is 589. The lowest BCUT2D eigenvalue weighted by molar-refractivity contribution is -0.145. The first-order valence-electron chi connectivity index (χ1n) is 6.08. The quantitative estimate of drug-likeness (QED) is 0.784. The van der Waals surface area contributed by atoms with Gasteiger partial charge in [0, 0.05) is 18.7 Å². The molecule has 0 bridgehead atoms. The molecule has 2 heterocycles. The Hall–Kier alpha value is -1.89. The number of rotatable bonds is 3. The zero-order valence-electron chi connectivity index (χ0n) is 10.8. The molecule has 0 radical (unpaired) electrons. The van der Waals surface area contributed by atoms with Crippen LogP contribution in [0.4, 0.5) is 0 Å². The predicted octanol–water partition coefficient (Wildman–Crippen LogP) is 0.0857. The highest BCUT2D eigenvalue weighted by Crippen LogP contribution is 2.27. The smallest absolute Gasteiger partial charge is 0.330 e. The minimum atomic E-state index is -0.492. The van der Waals surface area contributed by atoms with Crippen molar-refractivity contribution in [3.05, 3.63) is 32.6 Å². The van der Waals surface area contributed by atoms with Gasteiger partial charge in [0.2, 0.25) is 0 Å². The molecule has 1 fully saturated rings. The molecular formula is C12H16N2O5. The molecule has 1 aromatic rings. The number of nitrogens with one attached hydrogen (secondary N) is 1. The van der Waals surface area contributed by atoms with Crippen LogP contribution >= 0.6 is 0 Å². The van der Waals surface area contributed by atoms with Gasteiger partial charge in [-0.3, -0.25) is 19.1 Å². The molecule has 1 N–H and O–H groups in total. The number of nitrogens with zero attached hydrogens (tertiary/aromatic N) is 1. The van der Waals surface area contributed by atoms with E-state index in [1.807, 2.05) is 0 Å². The van der Waals surface area contributed by atoms with E-state index in [1.54, 1.807) is 6.92 Å². The number of aryl methyl sites for hydroxylation is 1. The molecule has 0 aliphatic carbocycles. The average Bonchev–Trinajstić information content (AvgIpc) is 2.80. The molecule has 0 unspecified atom stereocenters. The average molecular weight is 268 g/mol. The number of carbonyl (C=O) groups is 1. The third-order valence-electron chi connectivity index (χ3n) is 3.01. The summed E-state index contributed by atoms with van der Waals surface area (Å²) in [6, 6.07) is 0. The Balaban J connectivity index is 2.09. The van der Waals surface area contributed by atoms with E-state index in [9.17, 15) is 14.4 Å². The molecule has 7 nitrogen and oxygen atoms in total. The van der Waals surface area contributed by atoms with E-state index in [1.165, 1.54) is 17.7 Å². The molecule has 104 valence electrons. The normalized spacial score (nSPS) is 22.4. The number of hydrogen-bond acceptors (Lipinski definition) is 5. The molecule has 1 aromatic heterocycles. The maximum Gasteiger partial charge on any atom is 0.330 e. The van der Waals surface area contributed by atoms with Gasteiger partial charge in [-0.05, 0) is 19.8 Å². The van der Waals surface area contributed by atoms with Crippen molar-refractivity contribution < 1.29 is 14.3 Å². The van der Waals surface area contributed by atoms with E-state index in [0.717, 1.165) is 0 Å². The van der Waals surface area contributed by atoms with Crippen molar-refractivity contribution in [3.8, 4) is 0 Å². The van der Waals surface area contributed by atoms with Crippen LogP contribution in [0.5, 0.6) is 0 Å². The minimum Gasteiger partial charge on any atom is -0.463 e. The van der Waals surface area contributed by atoms with Crippen molar-refractivity contribution in [2.24, 2.45) is 0 Å². The monoisotopic (exact) mass is 268 g/mol. The van der Waals surface area contributed by atoms with Crippen LogP contribution < -0.4 is 11.2 Å². The van der Waals surface area contributed by atoms with E-state index < -0.39 is 17.5 Å². The second-order valence-electron chi connectivity index (χ2n) is 4.57. The van der Waals surface area contributed by atoms with E-state index in [0.29, 0.717) is 18.4 Å². The molecule has 1 aliphatic heterocycles. The second kappa shape index (κ2) is 5.40. The third-order valence-corrected chi connectivity index (χ3v) is 3.01. The Morgan fingerprint density at radius 2 is 2.26 bits per heavy atom. The van der Waals surface area contributed by atoms with Gasteiger partial charge in [-0.1, -0.05) is 0 Å². The van der Waals surface area contributed by atoms with Crippen LogP contribution in [0.1, 0.15) is 31.6 Å². The van der Waals surface area contributed by atoms with Gasteiger partial charge in [-0.15, -0.1) is 0 Å². The summed E-state index contributed by atoms with van der Waals surface area (Å²) in [4.78, 5) is 35.9. The predicted molar refractivity (Wildman–Crippen MR) is 65.8 cm³/mol. The Morgan fingerprint density at radius 1 is 1.53 bits per heavy atom. The zero-order chi connectivity index (χ0) is 14.0. The Morgan fingerprint density at radius 3 is 2.95 bits per heavy atom. The number of ether oxygens (including phenoxy) is 2. The molecule has 1 aliphatic rings. The number of H-pyrrole nitrogens is 1. The summed E-state index contributed by atoms with van der Waals surface area (Å²) in [5.41, 5.74) is -0.434. The number of hydrogen-bond donors (Lipinski definition) is 1. The van der Waals surface area contributed by atoms with Crippen LogP contribution in [0, 0.1) is 6.92 Å². The largest absolute Gasteiger partial charge is 0.463 e. The maximum atomic E-state index is 11.7. The standard InChI is InChI=1S/C12H16N2O5/c1-7-5-14(12(17)13-11(7)16)10-4-3-9(19-10)6-18-8(2)15/h5,9-10H,3-4,6H2,1-2H3,(H,13,16,17)/t9-,10+/m0/s1. The summed E-state index contributed by atoms with van der Waals surface area (Å²) in [5, 5.41) is 0. The molecule has 0 spiro atoms. The van der Waals surface area contributed by atoms with E-state index in [2.05, 4.69) is 4.98 Å². The van der Waals surface area contributed by atoms with Crippen molar-refractivity contribution in [2.45, 2.75) is 39.0 Å². The lowest BCUT2D eigenvalue weighted by Gasteiger charge is -2.15. The van der Waals surface area contributed by atoms with Gasteiger partial charge in [-0.25, -0.2) is 4.79 Å². The van der Waals surface area contributed by atoms with Crippen molar-refractivity contribution in [1.29, 1.82) is 0 Å². The summed E-state index contributed by atoms with van der Waals surface area (Å²) in [6.07, 6.45) is 2.18. The van der Waals surface area contributed by atoms with E-state index in [4.69, 9.17) is 9.47 Å². The Kier molecular flexibility index (Phi) is 3.84. The van der Waals surface area contributed by atoms with Gasteiger partial charge in [0.25, 0.3) is 5.56 Å². The molecule has 1 saturated heterocycles. The van der Waals surface area contributed by atoms with Crippen LogP contribution in [0.3, 0.4) is 0 Å². The summed E-state index contributed by atoms with van der Waals surface area (Å²) in [7, 11) is 0. The number of carbonyl (C=O) groups excluding carboxylic acids is 1. The van der Waals surface area contributed by atoms with Gasteiger partial charge >= 0.3 is 11.7 Å². The highest BCUT2D eigenvalue weighted by Gasteiger charge is 2.28. The molecule has 2 atom stereocenters. The molecule has 2 rings (SSSR count). The zero-order valence-corrected chi connectivity index (χ0v) is 10.8.